The molecule has 1 unspecified atom stereocenters. The normalized spacial score (nSPS) is 19.7. The lowest BCUT2D eigenvalue weighted by Gasteiger charge is -2.32. The number of amides is 1. The summed E-state index contributed by atoms with van der Waals surface area (Å²) in [5.41, 5.74) is -1.59. The van der Waals surface area contributed by atoms with E-state index < -0.39 is 29.0 Å². The zero-order valence-electron chi connectivity index (χ0n) is 11.4. The van der Waals surface area contributed by atoms with E-state index in [9.17, 15) is 22.4 Å². The van der Waals surface area contributed by atoms with Crippen LogP contribution in [0.3, 0.4) is 0 Å². The Morgan fingerprint density at radius 1 is 1.38 bits per heavy atom. The van der Waals surface area contributed by atoms with Gasteiger partial charge in [-0.3, -0.25) is 4.79 Å². The second-order valence-electron chi connectivity index (χ2n) is 4.94. The molecule has 0 aromatic heterocycles. The molecule has 0 spiro atoms. The van der Waals surface area contributed by atoms with Crippen LogP contribution in [0.1, 0.15) is 28.8 Å². The Morgan fingerprint density at radius 2 is 2.10 bits per heavy atom. The van der Waals surface area contributed by atoms with E-state index in [0.717, 1.165) is 6.42 Å². The third kappa shape index (κ3) is 3.53. The van der Waals surface area contributed by atoms with Gasteiger partial charge in [-0.15, -0.1) is 0 Å². The van der Waals surface area contributed by atoms with Crippen LogP contribution in [0.25, 0.3) is 0 Å². The van der Waals surface area contributed by atoms with Crippen LogP contribution in [-0.2, 0) is 10.9 Å². The van der Waals surface area contributed by atoms with Gasteiger partial charge in [-0.2, -0.15) is 13.2 Å². The van der Waals surface area contributed by atoms with Crippen molar-refractivity contribution in [1.82, 2.24) is 4.90 Å². The van der Waals surface area contributed by atoms with Gasteiger partial charge in [0.2, 0.25) is 0 Å². The number of alkyl halides is 3. The van der Waals surface area contributed by atoms with Crippen LogP contribution in [0.2, 0.25) is 0 Å². The fourth-order valence-electron chi connectivity index (χ4n) is 2.35. The van der Waals surface area contributed by atoms with Crippen LogP contribution in [0.4, 0.5) is 17.6 Å². The lowest BCUT2D eigenvalue weighted by Crippen LogP contribution is -2.43. The number of halogens is 4. The molecule has 2 rings (SSSR count). The molecule has 0 aliphatic carbocycles. The van der Waals surface area contributed by atoms with Gasteiger partial charge in [-0.05, 0) is 31.0 Å². The standard InChI is InChI=1S/C14H15F4NO2/c1-21-10-3-2-6-19(8-10)13(20)11-7-9(14(16,17)18)4-5-12(11)15/h4-5,7,10H,2-3,6,8H2,1H3. The number of ether oxygens (including phenoxy) is 1. The lowest BCUT2D eigenvalue weighted by atomic mass is 10.0. The first-order valence-electron chi connectivity index (χ1n) is 6.51. The van der Waals surface area contributed by atoms with Crippen molar-refractivity contribution in [3.63, 3.8) is 0 Å². The lowest BCUT2D eigenvalue weighted by molar-refractivity contribution is -0.137. The predicted molar refractivity (Wildman–Crippen MR) is 67.3 cm³/mol. The number of piperidine rings is 1. The fraction of sp³-hybridized carbons (Fsp3) is 0.500. The Balaban J connectivity index is 2.26. The van der Waals surface area contributed by atoms with Crippen LogP contribution >= 0.6 is 0 Å². The first-order chi connectivity index (χ1) is 9.82. The Bertz CT molecular complexity index is 530. The minimum absolute atomic E-state index is 0.170. The fourth-order valence-corrected chi connectivity index (χ4v) is 2.35. The zero-order valence-corrected chi connectivity index (χ0v) is 11.4. The molecule has 1 aliphatic rings. The summed E-state index contributed by atoms with van der Waals surface area (Å²) < 4.78 is 56.8. The average molecular weight is 305 g/mol. The van der Waals surface area contributed by atoms with Gasteiger partial charge in [0.15, 0.2) is 0 Å². The van der Waals surface area contributed by atoms with Gasteiger partial charge in [-0.25, -0.2) is 4.39 Å². The maximum atomic E-state index is 13.7. The summed E-state index contributed by atoms with van der Waals surface area (Å²) >= 11 is 0. The highest BCUT2D eigenvalue weighted by Gasteiger charge is 2.33. The number of carbonyl (C=O) groups is 1. The second-order valence-corrected chi connectivity index (χ2v) is 4.94. The van der Waals surface area contributed by atoms with E-state index in [1.165, 1.54) is 12.0 Å². The van der Waals surface area contributed by atoms with Crippen molar-refractivity contribution in [2.45, 2.75) is 25.1 Å². The number of hydrogen-bond donors (Lipinski definition) is 0. The van der Waals surface area contributed by atoms with E-state index in [1.54, 1.807) is 0 Å². The molecule has 3 nitrogen and oxygen atoms in total. The van der Waals surface area contributed by atoms with Gasteiger partial charge in [0, 0.05) is 20.2 Å². The molecule has 0 saturated carbocycles. The quantitative estimate of drug-likeness (QED) is 0.786. The van der Waals surface area contributed by atoms with Crippen molar-refractivity contribution in [2.24, 2.45) is 0 Å². The SMILES string of the molecule is COC1CCCN(C(=O)c2cc(C(F)(F)F)ccc2F)C1. The number of nitrogens with zero attached hydrogens (tertiary/aromatic N) is 1. The first-order valence-corrected chi connectivity index (χ1v) is 6.51. The molecule has 1 saturated heterocycles. The number of benzene rings is 1. The minimum atomic E-state index is -4.61. The predicted octanol–water partition coefficient (Wildman–Crippen LogP) is 3.10. The molecule has 0 bridgehead atoms. The molecule has 1 aliphatic heterocycles. The van der Waals surface area contributed by atoms with Crippen LogP contribution in [-0.4, -0.2) is 37.1 Å². The van der Waals surface area contributed by atoms with Gasteiger partial charge in [0.1, 0.15) is 5.82 Å². The number of rotatable bonds is 2. The highest BCUT2D eigenvalue weighted by atomic mass is 19.4. The highest BCUT2D eigenvalue weighted by molar-refractivity contribution is 5.94. The van der Waals surface area contributed by atoms with E-state index in [0.29, 0.717) is 31.2 Å². The van der Waals surface area contributed by atoms with Crippen LogP contribution in [0.5, 0.6) is 0 Å². The Morgan fingerprint density at radius 3 is 2.71 bits per heavy atom. The monoisotopic (exact) mass is 305 g/mol. The zero-order chi connectivity index (χ0) is 15.6. The number of carbonyl (C=O) groups excluding carboxylic acids is 1. The van der Waals surface area contributed by atoms with E-state index in [-0.39, 0.29) is 12.6 Å². The largest absolute Gasteiger partial charge is 0.416 e. The smallest absolute Gasteiger partial charge is 0.380 e. The Labute approximate surface area is 119 Å². The summed E-state index contributed by atoms with van der Waals surface area (Å²) in [6.07, 6.45) is -3.34. The number of likely N-dealkylation sites (tertiary alicyclic amines) is 1. The average Bonchev–Trinajstić information content (AvgIpc) is 2.46. The minimum Gasteiger partial charge on any atom is -0.380 e. The maximum Gasteiger partial charge on any atom is 0.416 e. The van der Waals surface area contributed by atoms with E-state index in [1.807, 2.05) is 0 Å². The molecule has 7 heteroatoms. The van der Waals surface area contributed by atoms with Gasteiger partial charge in [0.05, 0.1) is 17.2 Å². The molecule has 0 radical (unpaired) electrons. The second kappa shape index (κ2) is 6.01. The number of methoxy groups -OCH3 is 1. The topological polar surface area (TPSA) is 29.5 Å². The molecule has 1 aromatic rings. The molecular weight excluding hydrogens is 290 g/mol. The van der Waals surface area contributed by atoms with E-state index in [2.05, 4.69) is 0 Å². The van der Waals surface area contributed by atoms with Crippen LogP contribution in [0, 0.1) is 5.82 Å². The first kappa shape index (κ1) is 15.8. The van der Waals surface area contributed by atoms with Gasteiger partial charge in [0.25, 0.3) is 5.91 Å². The molecule has 116 valence electrons. The van der Waals surface area contributed by atoms with Gasteiger partial charge >= 0.3 is 6.18 Å². The third-order valence-corrected chi connectivity index (χ3v) is 3.52. The third-order valence-electron chi connectivity index (χ3n) is 3.52. The Kier molecular flexibility index (Phi) is 4.51. The summed E-state index contributed by atoms with van der Waals surface area (Å²) in [5, 5.41) is 0. The van der Waals surface area contributed by atoms with Crippen molar-refractivity contribution in [3.8, 4) is 0 Å². The summed E-state index contributed by atoms with van der Waals surface area (Å²) in [7, 11) is 1.50. The maximum absolute atomic E-state index is 13.7. The van der Waals surface area contributed by atoms with Crippen molar-refractivity contribution in [2.75, 3.05) is 20.2 Å². The molecular formula is C14H15F4NO2. The van der Waals surface area contributed by atoms with Crippen LogP contribution in [0.15, 0.2) is 18.2 Å². The van der Waals surface area contributed by atoms with Crippen molar-refractivity contribution < 1.29 is 27.1 Å². The van der Waals surface area contributed by atoms with E-state index >= 15 is 0 Å². The summed E-state index contributed by atoms with van der Waals surface area (Å²) in [5.74, 6) is -1.69. The van der Waals surface area contributed by atoms with E-state index in [4.69, 9.17) is 4.74 Å². The van der Waals surface area contributed by atoms with Gasteiger partial charge in [-0.1, -0.05) is 0 Å². The molecule has 1 heterocycles. The summed E-state index contributed by atoms with van der Waals surface area (Å²) in [6, 6.07) is 1.86. The molecule has 21 heavy (non-hydrogen) atoms. The molecule has 1 fully saturated rings. The summed E-state index contributed by atoms with van der Waals surface area (Å²) in [6.45, 7) is 0.638. The molecule has 1 amide bonds. The summed E-state index contributed by atoms with van der Waals surface area (Å²) in [4.78, 5) is 13.6. The van der Waals surface area contributed by atoms with Gasteiger partial charge < -0.3 is 9.64 Å². The molecule has 1 atom stereocenters. The molecule has 1 aromatic carbocycles. The molecule has 0 N–H and O–H groups in total. The Hall–Kier alpha value is -1.63. The number of hydrogen-bond acceptors (Lipinski definition) is 2. The van der Waals surface area contributed by atoms with Crippen molar-refractivity contribution >= 4 is 5.91 Å². The van der Waals surface area contributed by atoms with Crippen molar-refractivity contribution in [3.05, 3.63) is 35.1 Å². The highest BCUT2D eigenvalue weighted by Crippen LogP contribution is 2.31. The van der Waals surface area contributed by atoms with Crippen LogP contribution < -0.4 is 0 Å². The van der Waals surface area contributed by atoms with Crippen molar-refractivity contribution in [1.29, 1.82) is 0 Å².